The summed E-state index contributed by atoms with van der Waals surface area (Å²) in [6.45, 7) is 0. The van der Waals surface area contributed by atoms with E-state index in [2.05, 4.69) is 0 Å². The lowest BCUT2D eigenvalue weighted by Gasteiger charge is -2.45. The lowest BCUT2D eigenvalue weighted by Crippen LogP contribution is -2.45. The minimum Gasteiger partial charge on any atom is -0.508 e. The van der Waals surface area contributed by atoms with E-state index < -0.39 is 43.7 Å². The van der Waals surface area contributed by atoms with Gasteiger partial charge >= 0.3 is 5.97 Å². The summed E-state index contributed by atoms with van der Waals surface area (Å²) in [7, 11) is 0. The van der Waals surface area contributed by atoms with Crippen molar-refractivity contribution in [3.8, 4) is 17.1 Å². The first-order chi connectivity index (χ1) is 16.8. The van der Waals surface area contributed by atoms with Crippen LogP contribution in [0.2, 0.25) is 0 Å². The van der Waals surface area contributed by atoms with E-state index in [0.29, 0.717) is 22.1 Å². The third-order valence-electron chi connectivity index (χ3n) is 8.16. The average molecular weight is 609 g/mol. The predicted molar refractivity (Wildman–Crippen MR) is 141 cm³/mol. The largest absolute Gasteiger partial charge is 0.508 e. The van der Waals surface area contributed by atoms with Gasteiger partial charge in [-0.3, -0.25) is 9.59 Å². The molecule has 1 aromatic carbocycles. The Bertz CT molecular complexity index is 1530. The number of carboxylic acids is 1. The fourth-order valence-corrected chi connectivity index (χ4v) is 9.73. The molecule has 0 amide bonds. The quantitative estimate of drug-likeness (QED) is 0.236. The summed E-state index contributed by atoms with van der Waals surface area (Å²) in [6.07, 6.45) is 0.326. The van der Waals surface area contributed by atoms with Crippen LogP contribution in [0, 0.1) is 17.8 Å². The molecule has 2 N–H and O–H groups in total. The number of benzene rings is 2. The molecule has 2 fully saturated rings. The molecule has 1 heterocycles. The number of allylic oxidation sites excluding steroid dienone is 2. The SMILES string of the molecule is O=C(O)[C@H]1C[C@@H]2[C@@H](C[C@@H]1c1c3ccc(=O)cc-3oc3cc(O)ccc13)[C@]1(Cl)C(Cl)=C(Cl)[C@]2(Cl)C1(Cl)Cl. The molecule has 0 spiro atoms. The molecule has 1 aromatic rings. The van der Waals surface area contributed by atoms with Crippen LogP contribution in [0.5, 0.6) is 5.75 Å². The van der Waals surface area contributed by atoms with Gasteiger partial charge in [-0.25, -0.2) is 0 Å². The smallest absolute Gasteiger partial charge is 0.307 e. The number of phenolic OH excluding ortho intramolecular Hbond substituents is 1. The van der Waals surface area contributed by atoms with Gasteiger partial charge in [0.1, 0.15) is 26.8 Å². The molecule has 0 saturated heterocycles. The molecular formula is C25H16Cl6O5. The van der Waals surface area contributed by atoms with Crippen LogP contribution in [0.3, 0.4) is 0 Å². The number of phenols is 1. The van der Waals surface area contributed by atoms with Crippen molar-refractivity contribution in [2.24, 2.45) is 17.8 Å². The van der Waals surface area contributed by atoms with E-state index in [9.17, 15) is 19.8 Å². The Labute approximate surface area is 234 Å². The molecule has 2 bridgehead atoms. The molecule has 6 atom stereocenters. The highest BCUT2D eigenvalue weighted by Gasteiger charge is 2.83. The summed E-state index contributed by atoms with van der Waals surface area (Å²) >= 11 is 40.8. The monoisotopic (exact) mass is 606 g/mol. The standard InChI is InChI=1S/C25H16Cl6O5/c26-20-21(27)24(29)16-8-14(22(34)35)13(7-15(16)23(20,28)25(24,30)31)19-11-3-1-9(32)5-17(11)36-18-6-10(33)2-4-12(18)19/h1-6,13-16,32H,7-8H2,(H,34,35)/t13-,14-,15+,16+,23-,24-/m0/s1. The Morgan fingerprint density at radius 2 is 1.58 bits per heavy atom. The van der Waals surface area contributed by atoms with Gasteiger partial charge in [-0.2, -0.15) is 0 Å². The van der Waals surface area contributed by atoms with Crippen molar-refractivity contribution >= 4 is 86.5 Å². The minimum atomic E-state index is -1.77. The Kier molecular flexibility index (Phi) is 5.44. The number of alkyl halides is 4. The molecule has 2 saturated carbocycles. The Morgan fingerprint density at radius 3 is 2.22 bits per heavy atom. The molecule has 6 rings (SSSR count). The minimum absolute atomic E-state index is 0.0363. The summed E-state index contributed by atoms with van der Waals surface area (Å²) in [6, 6.07) is 8.92. The van der Waals surface area contributed by atoms with Crippen molar-refractivity contribution < 1.29 is 19.4 Å². The number of rotatable bonds is 2. The van der Waals surface area contributed by atoms with Crippen LogP contribution >= 0.6 is 69.6 Å². The van der Waals surface area contributed by atoms with E-state index in [1.54, 1.807) is 12.1 Å². The fraction of sp³-hybridized carbons (Fsp3) is 0.360. The van der Waals surface area contributed by atoms with Crippen LogP contribution in [0.1, 0.15) is 24.3 Å². The van der Waals surface area contributed by atoms with Gasteiger partial charge in [0.25, 0.3) is 0 Å². The van der Waals surface area contributed by atoms with Crippen LogP contribution in [-0.2, 0) is 4.79 Å². The van der Waals surface area contributed by atoms with Crippen LogP contribution in [-0.4, -0.2) is 30.3 Å². The molecule has 36 heavy (non-hydrogen) atoms. The first-order valence-corrected chi connectivity index (χ1v) is 13.3. The summed E-state index contributed by atoms with van der Waals surface area (Å²) < 4.78 is 4.15. The number of hydrogen-bond donors (Lipinski definition) is 2. The van der Waals surface area contributed by atoms with Crippen molar-refractivity contribution in [3.63, 3.8) is 0 Å². The Hall–Kier alpha value is -1.34. The molecule has 1 aliphatic heterocycles. The number of hydrogen-bond acceptors (Lipinski definition) is 4. The normalized spacial score (nSPS) is 34.9. The van der Waals surface area contributed by atoms with Gasteiger partial charge in [-0.1, -0.05) is 46.4 Å². The van der Waals surface area contributed by atoms with Gasteiger partial charge < -0.3 is 14.6 Å². The zero-order valence-corrected chi connectivity index (χ0v) is 22.6. The molecule has 0 radical (unpaired) electrons. The zero-order valence-electron chi connectivity index (χ0n) is 18.1. The lowest BCUT2D eigenvalue weighted by atomic mass is 9.62. The molecule has 4 aliphatic carbocycles. The highest BCUT2D eigenvalue weighted by atomic mass is 35.5. The second kappa shape index (κ2) is 7.84. The van der Waals surface area contributed by atoms with Gasteiger partial charge in [-0.05, 0) is 60.4 Å². The van der Waals surface area contributed by atoms with E-state index >= 15 is 0 Å². The molecule has 11 heteroatoms. The molecule has 5 aliphatic rings. The highest BCUT2D eigenvalue weighted by molar-refractivity contribution is 6.65. The summed E-state index contributed by atoms with van der Waals surface area (Å²) in [5, 5.41) is 21.1. The molecule has 0 unspecified atom stereocenters. The number of aromatic hydroxyl groups is 1. The molecule has 5 nitrogen and oxygen atoms in total. The second-order valence-electron chi connectivity index (χ2n) is 9.72. The first-order valence-electron chi connectivity index (χ1n) is 11.1. The number of carbonyl (C=O) groups is 1. The Morgan fingerprint density at radius 1 is 0.944 bits per heavy atom. The number of aliphatic carboxylic acids is 1. The van der Waals surface area contributed by atoms with E-state index in [-0.39, 0.29) is 39.8 Å². The molecular weight excluding hydrogens is 593 g/mol. The topological polar surface area (TPSA) is 87.7 Å². The van der Waals surface area contributed by atoms with Crippen molar-refractivity contribution in [1.82, 2.24) is 0 Å². The second-order valence-corrected chi connectivity index (χ2v) is 13.0. The van der Waals surface area contributed by atoms with Crippen LogP contribution in [0.15, 0.2) is 55.7 Å². The third kappa shape index (κ3) is 2.88. The average Bonchev–Trinajstić information content (AvgIpc) is 3.02. The third-order valence-corrected chi connectivity index (χ3v) is 12.5. The van der Waals surface area contributed by atoms with Crippen LogP contribution < -0.4 is 5.43 Å². The van der Waals surface area contributed by atoms with Crippen LogP contribution in [0.4, 0.5) is 0 Å². The summed E-state index contributed by atoms with van der Waals surface area (Å²) in [4.78, 5) is 21.7. The van der Waals surface area contributed by atoms with Crippen LogP contribution in [0.25, 0.3) is 22.3 Å². The van der Waals surface area contributed by atoms with Gasteiger partial charge in [0.2, 0.25) is 0 Å². The zero-order chi connectivity index (χ0) is 25.9. The van der Waals surface area contributed by atoms with Gasteiger partial charge in [0, 0.05) is 23.1 Å². The maximum absolute atomic E-state index is 12.7. The number of fused-ring (bicyclic) bond motifs is 7. The maximum Gasteiger partial charge on any atom is 0.307 e. The van der Waals surface area contributed by atoms with Crippen molar-refractivity contribution in [2.45, 2.75) is 32.8 Å². The molecule has 188 valence electrons. The van der Waals surface area contributed by atoms with Crippen molar-refractivity contribution in [3.05, 3.63) is 62.2 Å². The predicted octanol–water partition coefficient (Wildman–Crippen LogP) is 7.26. The van der Waals surface area contributed by atoms with E-state index in [0.717, 1.165) is 0 Å². The van der Waals surface area contributed by atoms with Crippen molar-refractivity contribution in [1.29, 1.82) is 0 Å². The van der Waals surface area contributed by atoms with Gasteiger partial charge in [-0.15, -0.1) is 23.2 Å². The number of carboxylic acid groups (broad SMARTS) is 1. The van der Waals surface area contributed by atoms with E-state index in [4.69, 9.17) is 74.0 Å². The first kappa shape index (κ1) is 25.0. The van der Waals surface area contributed by atoms with E-state index in [1.807, 2.05) is 0 Å². The van der Waals surface area contributed by atoms with Gasteiger partial charge in [0.05, 0.1) is 16.0 Å². The van der Waals surface area contributed by atoms with E-state index in [1.165, 1.54) is 24.3 Å². The summed E-state index contributed by atoms with van der Waals surface area (Å²) in [5.74, 6) is -3.37. The lowest BCUT2D eigenvalue weighted by molar-refractivity contribution is -0.144. The van der Waals surface area contributed by atoms with Gasteiger partial charge in [0.15, 0.2) is 9.76 Å². The Balaban J connectivity index is 1.61. The molecule has 0 aromatic heterocycles. The highest BCUT2D eigenvalue weighted by Crippen LogP contribution is 2.79. The maximum atomic E-state index is 12.7. The van der Waals surface area contributed by atoms with Crippen molar-refractivity contribution in [2.75, 3.05) is 0 Å². The fourth-order valence-electron chi connectivity index (χ4n) is 6.62. The number of halogens is 6. The summed E-state index contributed by atoms with van der Waals surface area (Å²) in [5.41, 5.74) is 1.27.